The summed E-state index contributed by atoms with van der Waals surface area (Å²) < 4.78 is 11.2. The summed E-state index contributed by atoms with van der Waals surface area (Å²) in [6.07, 6.45) is 3.00. The highest BCUT2D eigenvalue weighted by atomic mass is 32.1. The Labute approximate surface area is 209 Å². The zero-order valence-corrected chi connectivity index (χ0v) is 21.0. The molecule has 0 saturated heterocycles. The molecule has 7 heteroatoms. The molecule has 0 aliphatic carbocycles. The lowest BCUT2D eigenvalue weighted by Crippen LogP contribution is -2.49. The van der Waals surface area contributed by atoms with Gasteiger partial charge in [-0.3, -0.25) is 14.5 Å². The Hall–Kier alpha value is -3.84. The van der Waals surface area contributed by atoms with Crippen LogP contribution in [0.25, 0.3) is 0 Å². The van der Waals surface area contributed by atoms with Crippen molar-refractivity contribution >= 4 is 28.8 Å². The molecule has 0 saturated carbocycles. The Bertz CT molecular complexity index is 1260. The third-order valence-corrected chi connectivity index (χ3v) is 6.04. The van der Waals surface area contributed by atoms with Gasteiger partial charge in [0, 0.05) is 16.8 Å². The molecule has 0 fully saturated rings. The van der Waals surface area contributed by atoms with E-state index in [0.717, 1.165) is 11.3 Å². The Balaban J connectivity index is 1.72. The fraction of sp³-hybridized carbons (Fsp3) is 0.214. The molecule has 2 amide bonds. The average Bonchev–Trinajstić information content (AvgIpc) is 3.53. The van der Waals surface area contributed by atoms with E-state index in [-0.39, 0.29) is 11.8 Å². The largest absolute Gasteiger partial charge is 0.472 e. The van der Waals surface area contributed by atoms with Gasteiger partial charge in [-0.05, 0) is 81.6 Å². The maximum atomic E-state index is 13.7. The van der Waals surface area contributed by atoms with Crippen molar-refractivity contribution in [3.63, 3.8) is 0 Å². The van der Waals surface area contributed by atoms with Gasteiger partial charge < -0.3 is 14.5 Å². The van der Waals surface area contributed by atoms with Crippen molar-refractivity contribution in [2.45, 2.75) is 39.3 Å². The molecule has 0 radical (unpaired) electrons. The molecule has 1 atom stereocenters. The SMILES string of the molecule is Cc1ccc(Oc2ccc(N(C(=O)c3cccs3)C(C(=O)NC(C)(C)C)c3ccoc3)cc2)cc1. The van der Waals surface area contributed by atoms with Crippen molar-refractivity contribution < 1.29 is 18.7 Å². The number of carbonyl (C=O) groups is 2. The van der Waals surface area contributed by atoms with Crippen LogP contribution in [0.15, 0.2) is 89.1 Å². The van der Waals surface area contributed by atoms with Crippen LogP contribution in [0.1, 0.15) is 47.6 Å². The van der Waals surface area contributed by atoms with Gasteiger partial charge in [0.15, 0.2) is 0 Å². The molecule has 0 bridgehead atoms. The van der Waals surface area contributed by atoms with Gasteiger partial charge in [0.05, 0.1) is 17.4 Å². The maximum Gasteiger partial charge on any atom is 0.269 e. The molecule has 1 unspecified atom stereocenters. The van der Waals surface area contributed by atoms with E-state index in [0.29, 0.717) is 21.9 Å². The van der Waals surface area contributed by atoms with Crippen molar-refractivity contribution in [2.24, 2.45) is 0 Å². The summed E-state index contributed by atoms with van der Waals surface area (Å²) in [4.78, 5) is 29.3. The van der Waals surface area contributed by atoms with Crippen LogP contribution in [0.2, 0.25) is 0 Å². The fourth-order valence-corrected chi connectivity index (χ4v) is 4.27. The summed E-state index contributed by atoms with van der Waals surface area (Å²) in [6.45, 7) is 7.73. The highest BCUT2D eigenvalue weighted by Crippen LogP contribution is 2.33. The zero-order valence-electron chi connectivity index (χ0n) is 20.1. The first-order chi connectivity index (χ1) is 16.7. The van der Waals surface area contributed by atoms with E-state index in [1.165, 1.54) is 28.8 Å². The van der Waals surface area contributed by atoms with Gasteiger partial charge in [-0.25, -0.2) is 0 Å². The molecule has 2 aromatic heterocycles. The van der Waals surface area contributed by atoms with E-state index in [1.54, 1.807) is 36.4 Å². The van der Waals surface area contributed by atoms with Crippen LogP contribution in [0.4, 0.5) is 5.69 Å². The van der Waals surface area contributed by atoms with Gasteiger partial charge in [0.1, 0.15) is 17.5 Å². The van der Waals surface area contributed by atoms with E-state index >= 15 is 0 Å². The first-order valence-corrected chi connectivity index (χ1v) is 12.1. The number of hydrogen-bond acceptors (Lipinski definition) is 5. The predicted octanol–water partition coefficient (Wildman–Crippen LogP) is 6.74. The molecule has 35 heavy (non-hydrogen) atoms. The maximum absolute atomic E-state index is 13.7. The zero-order chi connectivity index (χ0) is 25.0. The number of nitrogens with one attached hydrogen (secondary N) is 1. The minimum Gasteiger partial charge on any atom is -0.472 e. The Morgan fingerprint density at radius 1 is 0.971 bits per heavy atom. The van der Waals surface area contributed by atoms with E-state index in [9.17, 15) is 9.59 Å². The number of furan rings is 1. The second-order valence-electron chi connectivity index (χ2n) is 9.26. The lowest BCUT2D eigenvalue weighted by Gasteiger charge is -2.32. The summed E-state index contributed by atoms with van der Waals surface area (Å²) in [5, 5.41) is 4.85. The quantitative estimate of drug-likeness (QED) is 0.312. The van der Waals surface area contributed by atoms with Crippen LogP contribution >= 0.6 is 11.3 Å². The second kappa shape index (κ2) is 10.2. The van der Waals surface area contributed by atoms with Crippen LogP contribution in [-0.2, 0) is 4.79 Å². The molecule has 1 N–H and O–H groups in total. The third kappa shape index (κ3) is 6.00. The number of nitrogens with zero attached hydrogens (tertiary/aromatic N) is 1. The molecule has 2 aromatic carbocycles. The number of benzene rings is 2. The van der Waals surface area contributed by atoms with Gasteiger partial charge in [-0.15, -0.1) is 11.3 Å². The van der Waals surface area contributed by atoms with Gasteiger partial charge in [-0.2, -0.15) is 0 Å². The van der Waals surface area contributed by atoms with Crippen molar-refractivity contribution in [3.8, 4) is 11.5 Å². The Morgan fingerprint density at radius 3 is 2.17 bits per heavy atom. The minimum atomic E-state index is -0.925. The van der Waals surface area contributed by atoms with Gasteiger partial charge in [0.25, 0.3) is 5.91 Å². The monoisotopic (exact) mass is 488 g/mol. The van der Waals surface area contributed by atoms with Crippen molar-refractivity contribution in [1.29, 1.82) is 0 Å². The highest BCUT2D eigenvalue weighted by molar-refractivity contribution is 7.12. The number of amides is 2. The summed E-state index contributed by atoms with van der Waals surface area (Å²) in [6, 6.07) is 19.3. The number of thiophene rings is 1. The van der Waals surface area contributed by atoms with Crippen LogP contribution in [0.5, 0.6) is 11.5 Å². The molecular weight excluding hydrogens is 460 g/mol. The van der Waals surface area contributed by atoms with E-state index in [2.05, 4.69) is 5.32 Å². The van der Waals surface area contributed by atoms with Crippen molar-refractivity contribution in [1.82, 2.24) is 5.32 Å². The van der Waals surface area contributed by atoms with Crippen molar-refractivity contribution in [3.05, 3.63) is 101 Å². The molecule has 0 aliphatic heterocycles. The highest BCUT2D eigenvalue weighted by Gasteiger charge is 2.36. The normalized spacial score (nSPS) is 12.1. The number of rotatable bonds is 7. The third-order valence-electron chi connectivity index (χ3n) is 5.19. The summed E-state index contributed by atoms with van der Waals surface area (Å²) >= 11 is 1.33. The first kappa shape index (κ1) is 24.3. The lowest BCUT2D eigenvalue weighted by molar-refractivity contribution is -0.123. The summed E-state index contributed by atoms with van der Waals surface area (Å²) in [7, 11) is 0. The number of ether oxygens (including phenoxy) is 1. The Kier molecular flexibility index (Phi) is 7.07. The van der Waals surface area contributed by atoms with Crippen LogP contribution in [-0.4, -0.2) is 17.4 Å². The summed E-state index contributed by atoms with van der Waals surface area (Å²) in [5.41, 5.74) is 1.81. The second-order valence-corrected chi connectivity index (χ2v) is 10.2. The van der Waals surface area contributed by atoms with Gasteiger partial charge in [-0.1, -0.05) is 23.8 Å². The first-order valence-electron chi connectivity index (χ1n) is 11.3. The number of hydrogen-bond donors (Lipinski definition) is 1. The molecular formula is C28H28N2O4S. The molecule has 0 aliphatic rings. The van der Waals surface area contributed by atoms with E-state index < -0.39 is 11.6 Å². The number of aryl methyl sites for hydroxylation is 1. The average molecular weight is 489 g/mol. The number of carbonyl (C=O) groups excluding carboxylic acids is 2. The Morgan fingerprint density at radius 2 is 1.63 bits per heavy atom. The summed E-state index contributed by atoms with van der Waals surface area (Å²) in [5.74, 6) is 0.766. The van der Waals surface area contributed by atoms with Crippen molar-refractivity contribution in [2.75, 3.05) is 4.90 Å². The molecule has 2 heterocycles. The van der Waals surface area contributed by atoms with Gasteiger partial charge in [0.2, 0.25) is 5.91 Å². The van der Waals surface area contributed by atoms with Crippen LogP contribution < -0.4 is 15.0 Å². The minimum absolute atomic E-state index is 0.275. The fourth-order valence-electron chi connectivity index (χ4n) is 3.61. The number of anilines is 1. The smallest absolute Gasteiger partial charge is 0.269 e. The van der Waals surface area contributed by atoms with Gasteiger partial charge >= 0.3 is 0 Å². The lowest BCUT2D eigenvalue weighted by atomic mass is 10.0. The van der Waals surface area contributed by atoms with E-state index in [1.807, 2.05) is 63.4 Å². The topological polar surface area (TPSA) is 71.8 Å². The predicted molar refractivity (Wildman–Crippen MR) is 138 cm³/mol. The van der Waals surface area contributed by atoms with Crippen LogP contribution in [0, 0.1) is 6.92 Å². The molecule has 4 aromatic rings. The molecule has 180 valence electrons. The molecule has 0 spiro atoms. The molecule has 4 rings (SSSR count). The standard InChI is InChI=1S/C28H28N2O4S/c1-19-7-11-22(12-8-19)34-23-13-9-21(10-14-23)30(27(32)24-6-5-17-35-24)25(20-15-16-33-18-20)26(31)29-28(2,3)4/h5-18,25H,1-4H3,(H,29,31). The van der Waals surface area contributed by atoms with Crippen LogP contribution in [0.3, 0.4) is 0 Å². The van der Waals surface area contributed by atoms with E-state index in [4.69, 9.17) is 9.15 Å². The molecule has 6 nitrogen and oxygen atoms in total.